The second-order valence-corrected chi connectivity index (χ2v) is 5.70. The van der Waals surface area contributed by atoms with Gasteiger partial charge in [0.15, 0.2) is 5.82 Å². The highest BCUT2D eigenvalue weighted by atomic mass is 35.5. The molecule has 1 aromatic heterocycles. The lowest BCUT2D eigenvalue weighted by Gasteiger charge is -2.12. The lowest BCUT2D eigenvalue weighted by atomic mass is 10.2. The minimum atomic E-state index is -0.961. The molecule has 100 valence electrons. The van der Waals surface area contributed by atoms with E-state index in [0.29, 0.717) is 17.1 Å². The monoisotopic (exact) mass is 290 g/mol. The van der Waals surface area contributed by atoms with Gasteiger partial charge in [-0.1, -0.05) is 11.6 Å². The van der Waals surface area contributed by atoms with Crippen LogP contribution in [0.25, 0.3) is 0 Å². The summed E-state index contributed by atoms with van der Waals surface area (Å²) in [6.07, 6.45) is 2.95. The normalized spacial score (nSPS) is 13.8. The van der Waals surface area contributed by atoms with Crippen LogP contribution >= 0.6 is 11.6 Å². The van der Waals surface area contributed by atoms with Crippen molar-refractivity contribution in [2.24, 2.45) is 5.84 Å². The standard InChI is InChI=1S/C10H15ClN4O2S/c1-6(5-18(2)17)14-10(16)7-3-8(11)9(15-12)13-4-7/h3-4,6H,5,12H2,1-2H3,(H,13,15)(H,14,16). The zero-order valence-electron chi connectivity index (χ0n) is 10.1. The van der Waals surface area contributed by atoms with E-state index < -0.39 is 10.8 Å². The van der Waals surface area contributed by atoms with E-state index in [1.54, 1.807) is 13.2 Å². The smallest absolute Gasteiger partial charge is 0.253 e. The fourth-order valence-electron chi connectivity index (χ4n) is 1.37. The Morgan fingerprint density at radius 3 is 2.83 bits per heavy atom. The summed E-state index contributed by atoms with van der Waals surface area (Å²) in [5, 5.41) is 2.97. The summed E-state index contributed by atoms with van der Waals surface area (Å²) in [5.41, 5.74) is 2.64. The molecule has 0 saturated carbocycles. The first kappa shape index (κ1) is 14.9. The summed E-state index contributed by atoms with van der Waals surface area (Å²) >= 11 is 5.86. The topological polar surface area (TPSA) is 97.1 Å². The van der Waals surface area contributed by atoms with Crippen molar-refractivity contribution in [3.8, 4) is 0 Å². The number of carbonyl (C=O) groups is 1. The third-order valence-electron chi connectivity index (χ3n) is 2.10. The Balaban J connectivity index is 2.72. The molecule has 1 aromatic rings. The number of rotatable bonds is 5. The maximum Gasteiger partial charge on any atom is 0.253 e. The Labute approximate surface area is 113 Å². The van der Waals surface area contributed by atoms with Crippen molar-refractivity contribution in [2.45, 2.75) is 13.0 Å². The van der Waals surface area contributed by atoms with E-state index in [-0.39, 0.29) is 17.0 Å². The number of hydrazine groups is 1. The summed E-state index contributed by atoms with van der Waals surface area (Å²) < 4.78 is 11.0. The molecule has 2 atom stereocenters. The Hall–Kier alpha value is -1.18. The van der Waals surface area contributed by atoms with Crippen LogP contribution in [0.5, 0.6) is 0 Å². The number of nitrogens with one attached hydrogen (secondary N) is 2. The maximum absolute atomic E-state index is 11.8. The molecule has 1 rings (SSSR count). The van der Waals surface area contributed by atoms with E-state index in [0.717, 1.165) is 0 Å². The molecule has 18 heavy (non-hydrogen) atoms. The molecule has 0 spiro atoms. The Kier molecular flexibility index (Phi) is 5.52. The molecule has 1 amide bonds. The zero-order valence-corrected chi connectivity index (χ0v) is 11.6. The highest BCUT2D eigenvalue weighted by Crippen LogP contribution is 2.18. The molecule has 0 saturated heterocycles. The van der Waals surface area contributed by atoms with Gasteiger partial charge in [-0.3, -0.25) is 9.00 Å². The number of nitrogens with zero attached hydrogens (tertiary/aromatic N) is 1. The van der Waals surface area contributed by atoms with Gasteiger partial charge in [0.25, 0.3) is 5.91 Å². The average Bonchev–Trinajstić information content (AvgIpc) is 2.27. The summed E-state index contributed by atoms with van der Waals surface area (Å²) in [6, 6.07) is 1.28. The number of amides is 1. The lowest BCUT2D eigenvalue weighted by molar-refractivity contribution is 0.0943. The molecule has 0 bridgehead atoms. The van der Waals surface area contributed by atoms with Gasteiger partial charge in [-0.05, 0) is 13.0 Å². The third-order valence-corrected chi connectivity index (χ3v) is 3.36. The van der Waals surface area contributed by atoms with Crippen LogP contribution in [0, 0.1) is 0 Å². The van der Waals surface area contributed by atoms with Crippen LogP contribution in [0.2, 0.25) is 5.02 Å². The first-order valence-corrected chi connectivity index (χ1v) is 7.27. The predicted octanol–water partition coefficient (Wildman–Crippen LogP) is 0.517. The van der Waals surface area contributed by atoms with E-state index in [9.17, 15) is 9.00 Å². The third kappa shape index (κ3) is 4.25. The number of carbonyl (C=O) groups excluding carboxylic acids is 1. The van der Waals surface area contributed by atoms with Gasteiger partial charge in [0.05, 0.1) is 10.6 Å². The molecule has 8 heteroatoms. The molecule has 0 fully saturated rings. The van der Waals surface area contributed by atoms with Crippen molar-refractivity contribution < 1.29 is 9.00 Å². The van der Waals surface area contributed by atoms with Crippen molar-refractivity contribution in [1.82, 2.24) is 10.3 Å². The molecule has 0 aliphatic carbocycles. The van der Waals surface area contributed by atoms with Gasteiger partial charge in [0, 0.05) is 35.0 Å². The molecule has 0 aromatic carbocycles. The van der Waals surface area contributed by atoms with Gasteiger partial charge >= 0.3 is 0 Å². The zero-order chi connectivity index (χ0) is 13.7. The molecule has 0 aliphatic heterocycles. The Morgan fingerprint density at radius 1 is 1.67 bits per heavy atom. The Morgan fingerprint density at radius 2 is 2.33 bits per heavy atom. The average molecular weight is 291 g/mol. The number of anilines is 1. The fraction of sp³-hybridized carbons (Fsp3) is 0.400. The molecule has 6 nitrogen and oxygen atoms in total. The van der Waals surface area contributed by atoms with Crippen molar-refractivity contribution in [3.05, 3.63) is 22.8 Å². The number of pyridine rings is 1. The molecular weight excluding hydrogens is 276 g/mol. The number of aromatic nitrogens is 1. The largest absolute Gasteiger partial charge is 0.349 e. The van der Waals surface area contributed by atoms with Crippen LogP contribution in [-0.4, -0.2) is 33.2 Å². The van der Waals surface area contributed by atoms with Gasteiger partial charge in [0.2, 0.25) is 0 Å². The summed E-state index contributed by atoms with van der Waals surface area (Å²) in [4.78, 5) is 15.7. The van der Waals surface area contributed by atoms with Crippen molar-refractivity contribution in [2.75, 3.05) is 17.4 Å². The van der Waals surface area contributed by atoms with Crippen LogP contribution in [0.15, 0.2) is 12.3 Å². The first-order valence-electron chi connectivity index (χ1n) is 5.17. The molecule has 2 unspecified atom stereocenters. The highest BCUT2D eigenvalue weighted by molar-refractivity contribution is 7.84. The van der Waals surface area contributed by atoms with Crippen molar-refractivity contribution in [1.29, 1.82) is 0 Å². The van der Waals surface area contributed by atoms with Crippen LogP contribution in [0.1, 0.15) is 17.3 Å². The van der Waals surface area contributed by atoms with Crippen LogP contribution in [0.4, 0.5) is 5.82 Å². The number of halogens is 1. The van der Waals surface area contributed by atoms with Gasteiger partial charge < -0.3 is 10.7 Å². The quantitative estimate of drug-likeness (QED) is 0.542. The van der Waals surface area contributed by atoms with E-state index in [2.05, 4.69) is 15.7 Å². The molecular formula is C10H15ClN4O2S. The van der Waals surface area contributed by atoms with Gasteiger partial charge in [-0.25, -0.2) is 10.8 Å². The van der Waals surface area contributed by atoms with E-state index in [1.165, 1.54) is 12.3 Å². The Bertz CT molecular complexity index is 469. The fourth-order valence-corrected chi connectivity index (χ4v) is 2.38. The van der Waals surface area contributed by atoms with E-state index >= 15 is 0 Å². The molecule has 0 aliphatic rings. The second-order valence-electron chi connectivity index (χ2n) is 3.81. The number of hydrogen-bond donors (Lipinski definition) is 3. The summed E-state index contributed by atoms with van der Waals surface area (Å²) in [6.45, 7) is 1.78. The van der Waals surface area contributed by atoms with E-state index in [1.807, 2.05) is 0 Å². The van der Waals surface area contributed by atoms with Crippen LogP contribution in [-0.2, 0) is 10.8 Å². The summed E-state index contributed by atoms with van der Waals surface area (Å²) in [7, 11) is -0.961. The lowest BCUT2D eigenvalue weighted by Crippen LogP contribution is -2.36. The first-order chi connectivity index (χ1) is 8.43. The van der Waals surface area contributed by atoms with Crippen molar-refractivity contribution >= 4 is 34.1 Å². The minimum Gasteiger partial charge on any atom is -0.349 e. The minimum absolute atomic E-state index is 0.186. The maximum atomic E-state index is 11.8. The number of nitrogens with two attached hydrogens (primary N) is 1. The van der Waals surface area contributed by atoms with Gasteiger partial charge in [0.1, 0.15) is 0 Å². The van der Waals surface area contributed by atoms with Crippen LogP contribution in [0.3, 0.4) is 0 Å². The number of nitrogen functional groups attached to an aromatic ring is 1. The predicted molar refractivity (Wildman–Crippen MR) is 72.9 cm³/mol. The van der Waals surface area contributed by atoms with Crippen LogP contribution < -0.4 is 16.6 Å². The van der Waals surface area contributed by atoms with Crippen molar-refractivity contribution in [3.63, 3.8) is 0 Å². The number of hydrogen-bond acceptors (Lipinski definition) is 5. The highest BCUT2D eigenvalue weighted by Gasteiger charge is 2.13. The van der Waals surface area contributed by atoms with E-state index in [4.69, 9.17) is 17.4 Å². The van der Waals surface area contributed by atoms with Gasteiger partial charge in [-0.2, -0.15) is 0 Å². The molecule has 4 N–H and O–H groups in total. The SMILES string of the molecule is CC(CS(C)=O)NC(=O)c1cnc(NN)c(Cl)c1. The second kappa shape index (κ2) is 6.67. The van der Waals surface area contributed by atoms with Gasteiger partial charge in [-0.15, -0.1) is 0 Å². The molecule has 1 heterocycles. The molecule has 0 radical (unpaired) electrons. The summed E-state index contributed by atoms with van der Waals surface area (Å²) in [5.74, 6) is 5.57.